The summed E-state index contributed by atoms with van der Waals surface area (Å²) in [6.07, 6.45) is -0.483. The number of aromatic nitrogens is 1. The Labute approximate surface area is 186 Å². The monoisotopic (exact) mass is 582 g/mol. The van der Waals surface area contributed by atoms with Crippen LogP contribution in [0, 0.1) is 14.1 Å². The van der Waals surface area contributed by atoms with Crippen LogP contribution in [0.3, 0.4) is 0 Å². The molecule has 0 saturated carbocycles. The molecule has 0 aliphatic rings. The molecular weight excluding hydrogens is 562 g/mol. The first-order chi connectivity index (χ1) is 13.0. The first kappa shape index (κ1) is 19.0. The van der Waals surface area contributed by atoms with Crippen molar-refractivity contribution < 1.29 is 5.11 Å². The summed E-state index contributed by atoms with van der Waals surface area (Å²) >= 11 is 4.71. The predicted octanol–water partition coefficient (Wildman–Crippen LogP) is 5.79. The number of hydrogen-bond acceptors (Lipinski definition) is 2. The van der Waals surface area contributed by atoms with Crippen LogP contribution in [0.15, 0.2) is 60.7 Å². The van der Waals surface area contributed by atoms with Crippen LogP contribution in [0.4, 0.5) is 5.69 Å². The molecule has 3 nitrogen and oxygen atoms in total. The summed E-state index contributed by atoms with van der Waals surface area (Å²) in [4.78, 5) is 0. The molecule has 2 N–H and O–H groups in total. The van der Waals surface area contributed by atoms with Crippen LogP contribution >= 0.6 is 45.2 Å². The summed E-state index contributed by atoms with van der Waals surface area (Å²) in [5.41, 5.74) is 4.60. The van der Waals surface area contributed by atoms with E-state index in [1.165, 1.54) is 34.5 Å². The minimum absolute atomic E-state index is 0.483. The highest BCUT2D eigenvalue weighted by molar-refractivity contribution is 14.1. The Balaban J connectivity index is 1.63. The zero-order chi connectivity index (χ0) is 19.0. The lowest BCUT2D eigenvalue weighted by Gasteiger charge is -2.16. The summed E-state index contributed by atoms with van der Waals surface area (Å²) in [5.74, 6) is 0. The number of halogens is 2. The van der Waals surface area contributed by atoms with E-state index in [1.807, 2.05) is 12.1 Å². The van der Waals surface area contributed by atoms with Crippen LogP contribution in [-0.2, 0) is 6.54 Å². The van der Waals surface area contributed by atoms with E-state index in [1.54, 1.807) is 0 Å². The van der Waals surface area contributed by atoms with Crippen molar-refractivity contribution in [3.8, 4) is 0 Å². The third-order valence-corrected chi connectivity index (χ3v) is 6.12. The number of nitrogens with one attached hydrogen (secondary N) is 1. The molecule has 0 spiro atoms. The molecule has 0 amide bonds. The third kappa shape index (κ3) is 4.09. The van der Waals surface area contributed by atoms with Gasteiger partial charge >= 0.3 is 0 Å². The van der Waals surface area contributed by atoms with Crippen molar-refractivity contribution >= 4 is 72.7 Å². The van der Waals surface area contributed by atoms with Crippen molar-refractivity contribution in [2.75, 3.05) is 11.9 Å². The van der Waals surface area contributed by atoms with Gasteiger partial charge in [-0.2, -0.15) is 0 Å². The van der Waals surface area contributed by atoms with Gasteiger partial charge in [0.2, 0.25) is 0 Å². The number of nitrogens with zero attached hydrogens (tertiary/aromatic N) is 1. The molecular formula is C22H20I2N2O. The van der Waals surface area contributed by atoms with Crippen molar-refractivity contribution in [2.45, 2.75) is 19.6 Å². The fourth-order valence-electron chi connectivity index (χ4n) is 3.43. The molecule has 0 radical (unpaired) electrons. The van der Waals surface area contributed by atoms with Gasteiger partial charge in [-0.1, -0.05) is 17.7 Å². The lowest BCUT2D eigenvalue weighted by molar-refractivity contribution is 0.169. The fourth-order valence-corrected chi connectivity index (χ4v) is 4.41. The van der Waals surface area contributed by atoms with Crippen LogP contribution in [0.5, 0.6) is 0 Å². The zero-order valence-corrected chi connectivity index (χ0v) is 19.2. The summed E-state index contributed by atoms with van der Waals surface area (Å²) in [6, 6.07) is 21.3. The first-order valence-corrected chi connectivity index (χ1v) is 11.0. The summed E-state index contributed by atoms with van der Waals surface area (Å²) in [6.45, 7) is 3.14. The van der Waals surface area contributed by atoms with E-state index in [9.17, 15) is 5.11 Å². The molecule has 0 aliphatic heterocycles. The number of hydrogen-bond donors (Lipinski definition) is 2. The molecule has 1 atom stereocenters. The van der Waals surface area contributed by atoms with Gasteiger partial charge in [-0.25, -0.2) is 0 Å². The molecule has 0 bridgehead atoms. The highest BCUT2D eigenvalue weighted by Crippen LogP contribution is 2.31. The second-order valence-electron chi connectivity index (χ2n) is 6.83. The third-order valence-electron chi connectivity index (χ3n) is 4.78. The number of aryl methyl sites for hydroxylation is 1. The van der Waals surface area contributed by atoms with Crippen LogP contribution < -0.4 is 5.32 Å². The maximum atomic E-state index is 10.7. The minimum Gasteiger partial charge on any atom is -0.389 e. The van der Waals surface area contributed by atoms with E-state index < -0.39 is 6.10 Å². The molecule has 1 aromatic heterocycles. The number of benzene rings is 3. The molecule has 1 heterocycles. The van der Waals surface area contributed by atoms with Gasteiger partial charge in [-0.3, -0.25) is 0 Å². The Kier molecular flexibility index (Phi) is 5.61. The molecule has 4 rings (SSSR count). The second-order valence-corrected chi connectivity index (χ2v) is 9.33. The topological polar surface area (TPSA) is 37.2 Å². The average Bonchev–Trinajstić information content (AvgIpc) is 2.94. The molecule has 27 heavy (non-hydrogen) atoms. The van der Waals surface area contributed by atoms with Crippen molar-refractivity contribution in [3.63, 3.8) is 0 Å². The molecule has 138 valence electrons. The SMILES string of the molecule is Cc1ccc(NC[C@@H](O)Cn2c3ccc(I)cc3c3cc(I)ccc32)cc1. The van der Waals surface area contributed by atoms with Crippen molar-refractivity contribution in [2.24, 2.45) is 0 Å². The molecule has 0 fully saturated rings. The second kappa shape index (κ2) is 7.97. The number of anilines is 1. The van der Waals surface area contributed by atoms with E-state index in [4.69, 9.17) is 0 Å². The van der Waals surface area contributed by atoms with Crippen LogP contribution in [0.1, 0.15) is 5.56 Å². The molecule has 4 aromatic rings. The number of fused-ring (bicyclic) bond motifs is 3. The van der Waals surface area contributed by atoms with Gasteiger partial charge in [0.05, 0.1) is 12.6 Å². The van der Waals surface area contributed by atoms with E-state index in [0.29, 0.717) is 13.1 Å². The number of aliphatic hydroxyl groups excluding tert-OH is 1. The van der Waals surface area contributed by atoms with Crippen molar-refractivity contribution in [3.05, 3.63) is 73.4 Å². The molecule has 3 aromatic carbocycles. The zero-order valence-electron chi connectivity index (χ0n) is 14.9. The van der Waals surface area contributed by atoms with Gasteiger partial charge in [0.25, 0.3) is 0 Å². The Morgan fingerprint density at radius 1 is 0.889 bits per heavy atom. The largest absolute Gasteiger partial charge is 0.389 e. The quantitative estimate of drug-likeness (QED) is 0.293. The number of aliphatic hydroxyl groups is 1. The minimum atomic E-state index is -0.483. The molecule has 0 aliphatic carbocycles. The lowest BCUT2D eigenvalue weighted by Crippen LogP contribution is -2.24. The van der Waals surface area contributed by atoms with E-state index >= 15 is 0 Å². The van der Waals surface area contributed by atoms with E-state index in [-0.39, 0.29) is 0 Å². The van der Waals surface area contributed by atoms with Gasteiger partial charge < -0.3 is 15.0 Å². The maximum Gasteiger partial charge on any atom is 0.0891 e. The summed E-state index contributed by atoms with van der Waals surface area (Å²) < 4.78 is 4.68. The van der Waals surface area contributed by atoms with Crippen LogP contribution in [-0.4, -0.2) is 22.3 Å². The highest BCUT2D eigenvalue weighted by Gasteiger charge is 2.14. The van der Waals surface area contributed by atoms with Gasteiger partial charge in [0.15, 0.2) is 0 Å². The Morgan fingerprint density at radius 3 is 2.00 bits per heavy atom. The van der Waals surface area contributed by atoms with Crippen LogP contribution in [0.25, 0.3) is 21.8 Å². The maximum absolute atomic E-state index is 10.7. The molecule has 0 saturated heterocycles. The normalized spacial score (nSPS) is 12.6. The molecule has 0 unspecified atom stereocenters. The van der Waals surface area contributed by atoms with E-state index in [2.05, 4.69) is 111 Å². The number of rotatable bonds is 5. The summed E-state index contributed by atoms with van der Waals surface area (Å²) in [7, 11) is 0. The fraction of sp³-hybridized carbons (Fsp3) is 0.182. The molecule has 5 heteroatoms. The highest BCUT2D eigenvalue weighted by atomic mass is 127. The predicted molar refractivity (Wildman–Crippen MR) is 131 cm³/mol. The Morgan fingerprint density at radius 2 is 1.44 bits per heavy atom. The standard InChI is InChI=1S/C22H20I2N2O/c1-14-2-6-17(7-3-14)25-12-18(27)13-26-21-8-4-15(23)10-19(21)20-11-16(24)5-9-22(20)26/h2-11,18,25,27H,12-13H2,1H3/t18-/m1/s1. The lowest BCUT2D eigenvalue weighted by atomic mass is 10.2. The Hall–Kier alpha value is -1.32. The van der Waals surface area contributed by atoms with E-state index in [0.717, 1.165) is 5.69 Å². The van der Waals surface area contributed by atoms with Gasteiger partial charge in [0, 0.05) is 41.2 Å². The Bertz CT molecular complexity index is 1040. The van der Waals surface area contributed by atoms with Crippen molar-refractivity contribution in [1.29, 1.82) is 0 Å². The smallest absolute Gasteiger partial charge is 0.0891 e. The first-order valence-electron chi connectivity index (χ1n) is 8.87. The van der Waals surface area contributed by atoms with Gasteiger partial charge in [-0.05, 0) is 101 Å². The van der Waals surface area contributed by atoms with Crippen LogP contribution in [0.2, 0.25) is 0 Å². The average molecular weight is 582 g/mol. The van der Waals surface area contributed by atoms with Gasteiger partial charge in [0.1, 0.15) is 0 Å². The van der Waals surface area contributed by atoms with Crippen molar-refractivity contribution in [1.82, 2.24) is 4.57 Å². The summed E-state index contributed by atoms with van der Waals surface area (Å²) in [5, 5.41) is 16.5. The van der Waals surface area contributed by atoms with Gasteiger partial charge in [-0.15, -0.1) is 0 Å².